The number of rotatable bonds is 5. The van der Waals surface area contributed by atoms with Crippen LogP contribution in [0.3, 0.4) is 0 Å². The highest BCUT2D eigenvalue weighted by molar-refractivity contribution is 6.42. The summed E-state index contributed by atoms with van der Waals surface area (Å²) in [5, 5.41) is 9.03. The molecule has 1 aliphatic heterocycles. The lowest BCUT2D eigenvalue weighted by Gasteiger charge is -2.10. The normalized spacial score (nSPS) is 15.5. The number of nitrogens with zero attached hydrogens (tertiary/aromatic N) is 2. The van der Waals surface area contributed by atoms with E-state index in [4.69, 9.17) is 39.6 Å². The van der Waals surface area contributed by atoms with Crippen molar-refractivity contribution in [2.24, 2.45) is 0 Å². The topological polar surface area (TPSA) is 68.2 Å². The van der Waals surface area contributed by atoms with Gasteiger partial charge in [0.05, 0.1) is 39.4 Å². The van der Waals surface area contributed by atoms with Crippen LogP contribution in [0, 0.1) is 13.8 Å². The van der Waals surface area contributed by atoms with Gasteiger partial charge >= 0.3 is 0 Å². The molecule has 2 N–H and O–H groups in total. The Balaban J connectivity index is 1.50. The van der Waals surface area contributed by atoms with Gasteiger partial charge in [-0.1, -0.05) is 59.1 Å². The molecular weight excluding hydrogens is 459 g/mol. The predicted octanol–water partition coefficient (Wildman–Crippen LogP) is 5.39. The summed E-state index contributed by atoms with van der Waals surface area (Å²) >= 11 is 18.3. The number of anilines is 1. The molecular formula is C22H19Cl3N4O2. The maximum Gasteiger partial charge on any atom is 0.260 e. The lowest BCUT2D eigenvalue weighted by molar-refractivity contribution is -0.125. The Hall–Kier alpha value is -2.51. The van der Waals surface area contributed by atoms with E-state index in [2.05, 4.69) is 15.9 Å². The Bertz CT molecular complexity index is 1190. The van der Waals surface area contributed by atoms with Crippen LogP contribution in [0.1, 0.15) is 22.5 Å². The van der Waals surface area contributed by atoms with E-state index >= 15 is 0 Å². The smallest absolute Gasteiger partial charge is 0.260 e. The quantitative estimate of drug-likeness (QED) is 0.517. The third-order valence-electron chi connectivity index (χ3n) is 4.98. The van der Waals surface area contributed by atoms with Crippen LogP contribution in [0.4, 0.5) is 5.69 Å². The maximum atomic E-state index is 12.8. The summed E-state index contributed by atoms with van der Waals surface area (Å²) in [6.45, 7) is 4.23. The Morgan fingerprint density at radius 3 is 2.65 bits per heavy atom. The number of hydrogen-bond donors (Lipinski definition) is 2. The molecule has 2 heterocycles. The van der Waals surface area contributed by atoms with Gasteiger partial charge in [-0.25, -0.2) is 0 Å². The highest BCUT2D eigenvalue weighted by Gasteiger charge is 2.27. The molecule has 0 unspecified atom stereocenters. The fourth-order valence-electron chi connectivity index (χ4n) is 3.34. The second kappa shape index (κ2) is 8.93. The molecule has 0 radical (unpaired) electrons. The molecule has 160 valence electrons. The van der Waals surface area contributed by atoms with Crippen molar-refractivity contribution in [3.05, 3.63) is 86.1 Å². The van der Waals surface area contributed by atoms with Crippen molar-refractivity contribution in [2.45, 2.75) is 26.5 Å². The molecule has 0 fully saturated rings. The maximum absolute atomic E-state index is 12.8. The van der Waals surface area contributed by atoms with Crippen LogP contribution in [-0.2, 0) is 16.2 Å². The van der Waals surface area contributed by atoms with Crippen LogP contribution in [0.5, 0.6) is 0 Å². The summed E-state index contributed by atoms with van der Waals surface area (Å²) in [5.41, 5.74) is 7.31. The molecule has 4 rings (SSSR count). The molecule has 0 bridgehead atoms. The van der Waals surface area contributed by atoms with Crippen LogP contribution < -0.4 is 10.8 Å². The zero-order chi connectivity index (χ0) is 22.1. The molecule has 1 atom stereocenters. The van der Waals surface area contributed by atoms with E-state index in [1.165, 1.54) is 0 Å². The van der Waals surface area contributed by atoms with Gasteiger partial charge in [0.25, 0.3) is 5.91 Å². The van der Waals surface area contributed by atoms with Crippen molar-refractivity contribution in [3.8, 4) is 0 Å². The first-order chi connectivity index (χ1) is 14.8. The van der Waals surface area contributed by atoms with Crippen LogP contribution in [-0.4, -0.2) is 21.8 Å². The van der Waals surface area contributed by atoms with Gasteiger partial charge in [0.2, 0.25) is 0 Å². The molecule has 1 aromatic heterocycles. The lowest BCUT2D eigenvalue weighted by atomic mass is 10.1. The average Bonchev–Trinajstić information content (AvgIpc) is 3.32. The van der Waals surface area contributed by atoms with Crippen molar-refractivity contribution < 1.29 is 9.63 Å². The molecule has 0 spiro atoms. The molecule has 3 aromatic rings. The van der Waals surface area contributed by atoms with Gasteiger partial charge in [-0.05, 0) is 43.7 Å². The number of carbonyl (C=O) groups is 1. The summed E-state index contributed by atoms with van der Waals surface area (Å²) in [7, 11) is 0. The van der Waals surface area contributed by atoms with E-state index in [-0.39, 0.29) is 5.91 Å². The van der Waals surface area contributed by atoms with Crippen molar-refractivity contribution in [1.29, 1.82) is 0 Å². The highest BCUT2D eigenvalue weighted by Crippen LogP contribution is 2.27. The van der Waals surface area contributed by atoms with Gasteiger partial charge < -0.3 is 5.32 Å². The van der Waals surface area contributed by atoms with E-state index in [1.54, 1.807) is 24.3 Å². The van der Waals surface area contributed by atoms with Crippen LogP contribution >= 0.6 is 34.8 Å². The van der Waals surface area contributed by atoms with Crippen molar-refractivity contribution in [3.63, 3.8) is 0 Å². The number of halogens is 3. The van der Waals surface area contributed by atoms with E-state index in [9.17, 15) is 4.79 Å². The van der Waals surface area contributed by atoms with Crippen LogP contribution in [0.25, 0.3) is 5.70 Å². The second-order valence-corrected chi connectivity index (χ2v) is 8.36. The van der Waals surface area contributed by atoms with Gasteiger partial charge in [0.15, 0.2) is 6.10 Å². The molecule has 6 nitrogen and oxygen atoms in total. The minimum atomic E-state index is -0.802. The number of benzene rings is 2. The SMILES string of the molecule is Cc1nn(Cc2ccc(Cl)c(Cl)c2)c(C)c1NC(=O)[C@H]1C=C(c2ccccc2Cl)NO1. The Morgan fingerprint density at radius 2 is 1.90 bits per heavy atom. The zero-order valence-electron chi connectivity index (χ0n) is 16.7. The average molecular weight is 478 g/mol. The molecule has 31 heavy (non-hydrogen) atoms. The van der Waals surface area contributed by atoms with E-state index < -0.39 is 6.10 Å². The van der Waals surface area contributed by atoms with Gasteiger partial charge in [0, 0.05) is 10.6 Å². The van der Waals surface area contributed by atoms with Gasteiger partial charge in [-0.2, -0.15) is 5.10 Å². The molecule has 2 aromatic carbocycles. The first-order valence-electron chi connectivity index (χ1n) is 9.50. The van der Waals surface area contributed by atoms with E-state index in [1.807, 2.05) is 42.8 Å². The lowest BCUT2D eigenvalue weighted by Crippen LogP contribution is -2.28. The zero-order valence-corrected chi connectivity index (χ0v) is 19.0. The van der Waals surface area contributed by atoms with Gasteiger partial charge in [-0.3, -0.25) is 19.8 Å². The molecule has 0 saturated heterocycles. The third kappa shape index (κ3) is 4.57. The minimum Gasteiger partial charge on any atom is -0.320 e. The highest BCUT2D eigenvalue weighted by atomic mass is 35.5. The number of carbonyl (C=O) groups excluding carboxylic acids is 1. The van der Waals surface area contributed by atoms with Crippen LogP contribution in [0.15, 0.2) is 48.5 Å². The van der Waals surface area contributed by atoms with Gasteiger partial charge in [0.1, 0.15) is 0 Å². The summed E-state index contributed by atoms with van der Waals surface area (Å²) in [6.07, 6.45) is 0.893. The first-order valence-corrected chi connectivity index (χ1v) is 10.6. The Kier molecular flexibility index (Phi) is 6.25. The van der Waals surface area contributed by atoms with Crippen molar-refractivity contribution in [1.82, 2.24) is 15.3 Å². The Morgan fingerprint density at radius 1 is 1.13 bits per heavy atom. The summed E-state index contributed by atoms with van der Waals surface area (Å²) in [6, 6.07) is 12.8. The number of hydroxylamine groups is 1. The predicted molar refractivity (Wildman–Crippen MR) is 123 cm³/mol. The van der Waals surface area contributed by atoms with Crippen molar-refractivity contribution >= 4 is 52.1 Å². The fourth-order valence-corrected chi connectivity index (χ4v) is 3.90. The van der Waals surface area contributed by atoms with E-state index in [0.29, 0.717) is 38.7 Å². The molecule has 1 amide bonds. The summed E-state index contributed by atoms with van der Waals surface area (Å²) < 4.78 is 1.81. The number of hydrogen-bond acceptors (Lipinski definition) is 4. The molecule has 0 saturated carbocycles. The monoisotopic (exact) mass is 476 g/mol. The number of amides is 1. The third-order valence-corrected chi connectivity index (χ3v) is 6.05. The summed E-state index contributed by atoms with van der Waals surface area (Å²) in [5.74, 6) is -0.310. The molecule has 0 aliphatic carbocycles. The molecule has 9 heteroatoms. The molecule has 1 aliphatic rings. The largest absolute Gasteiger partial charge is 0.320 e. The van der Waals surface area contributed by atoms with Crippen LogP contribution in [0.2, 0.25) is 15.1 Å². The number of aromatic nitrogens is 2. The Labute approximate surface area is 194 Å². The second-order valence-electron chi connectivity index (χ2n) is 7.14. The minimum absolute atomic E-state index is 0.310. The fraction of sp³-hybridized carbons (Fsp3) is 0.182. The summed E-state index contributed by atoms with van der Waals surface area (Å²) in [4.78, 5) is 18.3. The van der Waals surface area contributed by atoms with E-state index in [0.717, 1.165) is 16.8 Å². The van der Waals surface area contributed by atoms with Gasteiger partial charge in [-0.15, -0.1) is 0 Å². The number of nitrogens with one attached hydrogen (secondary N) is 2. The standard InChI is InChI=1S/C22H19Cl3N4O2/c1-12-21(13(2)29(27-12)11-14-7-8-17(24)18(25)9-14)26-22(30)20-10-19(28-31-20)15-5-3-4-6-16(15)23/h3-10,20,28H,11H2,1-2H3,(H,26,30)/t20-/m1/s1. The van der Waals surface area contributed by atoms with Crippen molar-refractivity contribution in [2.75, 3.05) is 5.32 Å². The first kappa shape index (κ1) is 21.7. The number of aryl methyl sites for hydroxylation is 1.